The highest BCUT2D eigenvalue weighted by atomic mass is 16.6. The van der Waals surface area contributed by atoms with Gasteiger partial charge < -0.3 is 14.9 Å². The third-order valence-corrected chi connectivity index (χ3v) is 1.32. The molecule has 0 aromatic heterocycles. The maximum Gasteiger partial charge on any atom is 0.332 e. The summed E-state index contributed by atoms with van der Waals surface area (Å²) >= 11 is 0. The Hall–Kier alpha value is -1.85. The molecule has 0 aliphatic carbocycles. The van der Waals surface area contributed by atoms with Crippen LogP contribution in [0.1, 0.15) is 27.2 Å². The van der Waals surface area contributed by atoms with Crippen molar-refractivity contribution in [1.29, 1.82) is 0 Å². The molecule has 0 bridgehead atoms. The van der Waals surface area contributed by atoms with E-state index in [1.54, 1.807) is 20.8 Å². The van der Waals surface area contributed by atoms with E-state index in [1.165, 1.54) is 0 Å². The van der Waals surface area contributed by atoms with Crippen LogP contribution < -0.4 is 0 Å². The fraction of sp³-hybridized carbons (Fsp3) is 0.500. The van der Waals surface area contributed by atoms with Gasteiger partial charge in [-0.25, -0.2) is 9.59 Å². The summed E-state index contributed by atoms with van der Waals surface area (Å²) in [6.07, 6.45) is -0.0454. The quantitative estimate of drug-likeness (QED) is 0.547. The Morgan fingerprint density at radius 2 is 1.69 bits per heavy atom. The van der Waals surface area contributed by atoms with Crippen molar-refractivity contribution >= 4 is 17.9 Å². The van der Waals surface area contributed by atoms with Crippen LogP contribution in [0.4, 0.5) is 0 Å². The molecular weight excluding hydrogens is 216 g/mol. The molecule has 0 aromatic carbocycles. The average Bonchev–Trinajstić information content (AvgIpc) is 1.97. The number of carboxylic acids is 2. The van der Waals surface area contributed by atoms with Gasteiger partial charge in [-0.2, -0.15) is 0 Å². The number of hydrogen-bond acceptors (Lipinski definition) is 4. The minimum atomic E-state index is -1.45. The Bertz CT molecular complexity index is 334. The molecule has 0 radical (unpaired) electrons. The number of carboxylic acid groups (broad SMARTS) is 2. The van der Waals surface area contributed by atoms with Gasteiger partial charge in [-0.3, -0.25) is 4.79 Å². The first-order valence-electron chi connectivity index (χ1n) is 4.50. The third kappa shape index (κ3) is 6.58. The first-order chi connectivity index (χ1) is 7.11. The number of hydrogen-bond donors (Lipinski definition) is 2. The molecular formula is C10H14O6. The number of ether oxygens (including phenoxy) is 1. The fourth-order valence-corrected chi connectivity index (χ4v) is 0.825. The van der Waals surface area contributed by atoms with E-state index in [2.05, 4.69) is 0 Å². The largest absolute Gasteiger partial charge is 0.481 e. The number of esters is 1. The molecule has 0 aliphatic heterocycles. The third-order valence-electron chi connectivity index (χ3n) is 1.32. The van der Waals surface area contributed by atoms with Gasteiger partial charge in [0.25, 0.3) is 0 Å². The molecule has 6 nitrogen and oxygen atoms in total. The van der Waals surface area contributed by atoms with Crippen molar-refractivity contribution in [1.82, 2.24) is 0 Å². The number of aliphatic carboxylic acids is 2. The molecule has 0 amide bonds. The van der Waals surface area contributed by atoms with Gasteiger partial charge in [-0.1, -0.05) is 0 Å². The van der Waals surface area contributed by atoms with Gasteiger partial charge in [-0.15, -0.1) is 0 Å². The van der Waals surface area contributed by atoms with Gasteiger partial charge in [0.15, 0.2) is 0 Å². The van der Waals surface area contributed by atoms with Gasteiger partial charge in [0, 0.05) is 6.08 Å². The smallest absolute Gasteiger partial charge is 0.332 e. The van der Waals surface area contributed by atoms with Crippen LogP contribution in [-0.4, -0.2) is 33.7 Å². The zero-order valence-electron chi connectivity index (χ0n) is 9.31. The van der Waals surface area contributed by atoms with Crippen LogP contribution in [0.3, 0.4) is 0 Å². The van der Waals surface area contributed by atoms with Gasteiger partial charge in [-0.05, 0) is 20.8 Å². The summed E-state index contributed by atoms with van der Waals surface area (Å²) < 4.78 is 4.83. The van der Waals surface area contributed by atoms with Crippen LogP contribution in [0.25, 0.3) is 0 Å². The first kappa shape index (κ1) is 14.2. The van der Waals surface area contributed by atoms with E-state index in [9.17, 15) is 14.4 Å². The number of carbonyl (C=O) groups excluding carboxylic acids is 1. The highest BCUT2D eigenvalue weighted by Gasteiger charge is 2.18. The summed E-state index contributed by atoms with van der Waals surface area (Å²) in [5.74, 6) is -3.64. The van der Waals surface area contributed by atoms with E-state index in [0.717, 1.165) is 0 Å². The Kier molecular flexibility index (Phi) is 4.68. The molecule has 0 atom stereocenters. The Morgan fingerprint density at radius 3 is 2.00 bits per heavy atom. The van der Waals surface area contributed by atoms with Crippen LogP contribution in [-0.2, 0) is 19.1 Å². The molecule has 0 fully saturated rings. The van der Waals surface area contributed by atoms with E-state index in [0.29, 0.717) is 6.08 Å². The molecule has 0 heterocycles. The van der Waals surface area contributed by atoms with Crippen molar-refractivity contribution in [2.45, 2.75) is 32.8 Å². The zero-order chi connectivity index (χ0) is 12.9. The van der Waals surface area contributed by atoms with E-state index in [1.807, 2.05) is 0 Å². The van der Waals surface area contributed by atoms with Crippen molar-refractivity contribution in [3.8, 4) is 0 Å². The van der Waals surface area contributed by atoms with Crippen molar-refractivity contribution in [3.05, 3.63) is 11.6 Å². The molecule has 0 aromatic rings. The maximum atomic E-state index is 11.2. The summed E-state index contributed by atoms with van der Waals surface area (Å²) in [5, 5.41) is 17.1. The molecule has 0 rings (SSSR count). The Morgan fingerprint density at radius 1 is 1.19 bits per heavy atom. The predicted octanol–water partition coefficient (Wildman–Crippen LogP) is 0.814. The monoisotopic (exact) mass is 230 g/mol. The molecule has 16 heavy (non-hydrogen) atoms. The molecule has 2 N–H and O–H groups in total. The number of carbonyl (C=O) groups is 3. The van der Waals surface area contributed by atoms with Crippen LogP contribution in [0.15, 0.2) is 11.6 Å². The standard InChI is InChI=1S/C10H14O6/c1-10(2,3)16-8(13)5-6(9(14)15)4-7(11)12/h5H,4H2,1-3H3,(H,11,12)(H,14,15). The van der Waals surface area contributed by atoms with Crippen molar-refractivity contribution in [3.63, 3.8) is 0 Å². The second-order valence-electron chi connectivity index (χ2n) is 4.08. The van der Waals surface area contributed by atoms with E-state index in [-0.39, 0.29) is 0 Å². The Balaban J connectivity index is 4.73. The molecule has 0 saturated carbocycles. The highest BCUT2D eigenvalue weighted by Crippen LogP contribution is 2.09. The number of rotatable bonds is 4. The van der Waals surface area contributed by atoms with E-state index < -0.39 is 35.5 Å². The van der Waals surface area contributed by atoms with Crippen LogP contribution in [0.5, 0.6) is 0 Å². The van der Waals surface area contributed by atoms with E-state index >= 15 is 0 Å². The molecule has 0 aliphatic rings. The topological polar surface area (TPSA) is 101 Å². The first-order valence-corrected chi connectivity index (χ1v) is 4.50. The molecule has 6 heteroatoms. The second kappa shape index (κ2) is 5.29. The summed E-state index contributed by atoms with van der Waals surface area (Å²) in [6.45, 7) is 4.86. The zero-order valence-corrected chi connectivity index (χ0v) is 9.31. The fourth-order valence-electron chi connectivity index (χ4n) is 0.825. The van der Waals surface area contributed by atoms with Crippen LogP contribution in [0.2, 0.25) is 0 Å². The summed E-state index contributed by atoms with van der Waals surface area (Å²) in [6, 6.07) is 0. The predicted molar refractivity (Wildman–Crippen MR) is 53.8 cm³/mol. The Labute approximate surface area is 92.5 Å². The average molecular weight is 230 g/mol. The van der Waals surface area contributed by atoms with Crippen molar-refractivity contribution in [2.24, 2.45) is 0 Å². The van der Waals surface area contributed by atoms with E-state index in [4.69, 9.17) is 14.9 Å². The second-order valence-corrected chi connectivity index (χ2v) is 4.08. The summed E-state index contributed by atoms with van der Waals surface area (Å²) in [5.41, 5.74) is -1.26. The van der Waals surface area contributed by atoms with Gasteiger partial charge in [0.1, 0.15) is 5.60 Å². The van der Waals surface area contributed by atoms with Gasteiger partial charge >= 0.3 is 17.9 Å². The summed E-state index contributed by atoms with van der Waals surface area (Å²) in [4.78, 5) is 32.1. The molecule has 0 spiro atoms. The lowest BCUT2D eigenvalue weighted by Crippen LogP contribution is -2.23. The van der Waals surface area contributed by atoms with Gasteiger partial charge in [0.05, 0.1) is 12.0 Å². The SMILES string of the molecule is CC(C)(C)OC(=O)C=C(CC(=O)O)C(=O)O. The highest BCUT2D eigenvalue weighted by molar-refractivity contribution is 5.98. The molecule has 0 saturated heterocycles. The lowest BCUT2D eigenvalue weighted by molar-refractivity contribution is -0.149. The van der Waals surface area contributed by atoms with Gasteiger partial charge in [0.2, 0.25) is 0 Å². The molecule has 90 valence electrons. The van der Waals surface area contributed by atoms with Crippen LogP contribution >= 0.6 is 0 Å². The minimum absolute atomic E-state index is 0.512. The lowest BCUT2D eigenvalue weighted by atomic mass is 10.1. The van der Waals surface area contributed by atoms with Crippen molar-refractivity contribution < 1.29 is 29.3 Å². The summed E-state index contributed by atoms with van der Waals surface area (Å²) in [7, 11) is 0. The minimum Gasteiger partial charge on any atom is -0.481 e. The lowest BCUT2D eigenvalue weighted by Gasteiger charge is -2.18. The maximum absolute atomic E-state index is 11.2. The molecule has 0 unspecified atom stereocenters. The normalized spacial score (nSPS) is 12.1. The van der Waals surface area contributed by atoms with Crippen molar-refractivity contribution in [2.75, 3.05) is 0 Å². The van der Waals surface area contributed by atoms with Crippen LogP contribution in [0, 0.1) is 0 Å².